The molecule has 1 aromatic heterocycles. The molecule has 1 heterocycles. The number of hydrogen-bond acceptors (Lipinski definition) is 3. The second kappa shape index (κ2) is 6.40. The maximum Gasteiger partial charge on any atom is 0.261 e. The van der Waals surface area contributed by atoms with Crippen molar-refractivity contribution in [1.29, 1.82) is 0 Å². The summed E-state index contributed by atoms with van der Waals surface area (Å²) in [7, 11) is 0. The fourth-order valence-electron chi connectivity index (χ4n) is 3.12. The summed E-state index contributed by atoms with van der Waals surface area (Å²) >= 11 is 1.57. The van der Waals surface area contributed by atoms with Crippen LogP contribution in [0.25, 0.3) is 10.4 Å². The van der Waals surface area contributed by atoms with Gasteiger partial charge in [0.15, 0.2) is 0 Å². The number of amides is 2. The van der Waals surface area contributed by atoms with Crippen molar-refractivity contribution in [2.45, 2.75) is 25.7 Å². The van der Waals surface area contributed by atoms with E-state index in [4.69, 9.17) is 0 Å². The molecule has 124 valence electrons. The fraction of sp³-hybridized carbons (Fsp3) is 0.368. The van der Waals surface area contributed by atoms with Crippen LogP contribution in [0, 0.1) is 5.92 Å². The zero-order chi connectivity index (χ0) is 16.5. The fourth-order valence-corrected chi connectivity index (χ4v) is 4.31. The first kappa shape index (κ1) is 15.4. The molecule has 5 heteroatoms. The van der Waals surface area contributed by atoms with Crippen LogP contribution in [0.1, 0.15) is 33.6 Å². The quantitative estimate of drug-likeness (QED) is 0.822. The Morgan fingerprint density at radius 1 is 1.04 bits per heavy atom. The Bertz CT molecular complexity index is 792. The monoisotopic (exact) mass is 340 g/mol. The lowest BCUT2D eigenvalue weighted by Crippen LogP contribution is -2.35. The molecule has 24 heavy (non-hydrogen) atoms. The van der Waals surface area contributed by atoms with Crippen LogP contribution in [0.5, 0.6) is 0 Å². The van der Waals surface area contributed by atoms with Gasteiger partial charge in [-0.05, 0) is 48.4 Å². The Labute approximate surface area is 145 Å². The molecule has 2 N–H and O–H groups in total. The maximum atomic E-state index is 12.4. The number of aryl methyl sites for hydroxylation is 2. The molecule has 1 aromatic carbocycles. The Balaban J connectivity index is 1.38. The zero-order valence-electron chi connectivity index (χ0n) is 13.4. The van der Waals surface area contributed by atoms with Crippen molar-refractivity contribution in [3.05, 3.63) is 46.3 Å². The van der Waals surface area contributed by atoms with E-state index in [9.17, 15) is 9.59 Å². The van der Waals surface area contributed by atoms with E-state index in [1.54, 1.807) is 11.3 Å². The van der Waals surface area contributed by atoms with Crippen LogP contribution in [-0.2, 0) is 17.6 Å². The molecule has 4 rings (SSSR count). The molecule has 0 atom stereocenters. The topological polar surface area (TPSA) is 58.2 Å². The summed E-state index contributed by atoms with van der Waals surface area (Å²) in [5, 5.41) is 5.77. The third-order valence-corrected chi connectivity index (χ3v) is 5.83. The van der Waals surface area contributed by atoms with E-state index in [0.717, 1.165) is 30.6 Å². The minimum Gasteiger partial charge on any atom is -0.354 e. The van der Waals surface area contributed by atoms with Crippen molar-refractivity contribution in [3.8, 4) is 10.4 Å². The van der Waals surface area contributed by atoms with E-state index in [0.29, 0.717) is 13.1 Å². The maximum absolute atomic E-state index is 12.4. The summed E-state index contributed by atoms with van der Waals surface area (Å²) in [6.45, 7) is 0.964. The van der Waals surface area contributed by atoms with Gasteiger partial charge < -0.3 is 10.6 Å². The molecule has 2 aromatic rings. The average molecular weight is 340 g/mol. The standard InChI is InChI=1S/C19H20N2O2S/c22-18(13-6-7-13)20-9-10-21-19(23)16-11-14-8-5-12-3-1-2-4-15(12)17(14)24-16/h1-4,11,13H,5-10H2,(H,20,22)(H,21,23). The molecular formula is C19H20N2O2S. The van der Waals surface area contributed by atoms with Gasteiger partial charge in [-0.15, -0.1) is 11.3 Å². The largest absolute Gasteiger partial charge is 0.354 e. The van der Waals surface area contributed by atoms with Gasteiger partial charge in [0.05, 0.1) is 4.88 Å². The van der Waals surface area contributed by atoms with Gasteiger partial charge in [0.25, 0.3) is 5.91 Å². The Kier molecular flexibility index (Phi) is 4.10. The SMILES string of the molecule is O=C(NCCNC(=O)C1CC1)c1cc2c(s1)-c1ccccc1CC2. The van der Waals surface area contributed by atoms with Gasteiger partial charge >= 0.3 is 0 Å². The first-order valence-electron chi connectivity index (χ1n) is 8.49. The van der Waals surface area contributed by atoms with E-state index >= 15 is 0 Å². The molecule has 0 radical (unpaired) electrons. The highest BCUT2D eigenvalue weighted by Gasteiger charge is 2.29. The number of carbonyl (C=O) groups excluding carboxylic acids is 2. The van der Waals surface area contributed by atoms with Crippen LogP contribution in [0.4, 0.5) is 0 Å². The van der Waals surface area contributed by atoms with Crippen LogP contribution in [0.15, 0.2) is 30.3 Å². The lowest BCUT2D eigenvalue weighted by Gasteiger charge is -2.15. The number of nitrogens with one attached hydrogen (secondary N) is 2. The van der Waals surface area contributed by atoms with Crippen LogP contribution in [-0.4, -0.2) is 24.9 Å². The predicted octanol–water partition coefficient (Wildman–Crippen LogP) is 2.77. The van der Waals surface area contributed by atoms with Crippen molar-refractivity contribution in [2.75, 3.05) is 13.1 Å². The summed E-state index contributed by atoms with van der Waals surface area (Å²) in [6, 6.07) is 10.4. The highest BCUT2D eigenvalue weighted by molar-refractivity contribution is 7.17. The molecule has 0 saturated heterocycles. The van der Waals surface area contributed by atoms with Gasteiger partial charge in [0.1, 0.15) is 0 Å². The molecule has 2 aliphatic rings. The lowest BCUT2D eigenvalue weighted by molar-refractivity contribution is -0.122. The predicted molar refractivity (Wildman–Crippen MR) is 95.2 cm³/mol. The number of fused-ring (bicyclic) bond motifs is 3. The number of carbonyl (C=O) groups is 2. The summed E-state index contributed by atoms with van der Waals surface area (Å²) < 4.78 is 0. The highest BCUT2D eigenvalue weighted by atomic mass is 32.1. The van der Waals surface area contributed by atoms with E-state index in [2.05, 4.69) is 34.9 Å². The van der Waals surface area contributed by atoms with Gasteiger partial charge in [-0.1, -0.05) is 24.3 Å². The molecule has 0 bridgehead atoms. The summed E-state index contributed by atoms with van der Waals surface area (Å²) in [6.07, 6.45) is 4.03. The summed E-state index contributed by atoms with van der Waals surface area (Å²) in [4.78, 5) is 25.9. The Morgan fingerprint density at radius 3 is 2.62 bits per heavy atom. The van der Waals surface area contributed by atoms with E-state index in [-0.39, 0.29) is 17.7 Å². The second-order valence-electron chi connectivity index (χ2n) is 6.44. The van der Waals surface area contributed by atoms with Crippen LogP contribution in [0.3, 0.4) is 0 Å². The smallest absolute Gasteiger partial charge is 0.261 e. The van der Waals surface area contributed by atoms with Crippen molar-refractivity contribution in [3.63, 3.8) is 0 Å². The minimum atomic E-state index is -0.0486. The Morgan fingerprint density at radius 2 is 1.79 bits per heavy atom. The number of thiophene rings is 1. The number of benzene rings is 1. The minimum absolute atomic E-state index is 0.0486. The molecule has 2 amide bonds. The van der Waals surface area contributed by atoms with Crippen LogP contribution in [0.2, 0.25) is 0 Å². The first-order chi connectivity index (χ1) is 11.7. The van der Waals surface area contributed by atoms with Crippen molar-refractivity contribution < 1.29 is 9.59 Å². The second-order valence-corrected chi connectivity index (χ2v) is 7.50. The number of rotatable bonds is 5. The molecule has 1 fully saturated rings. The third kappa shape index (κ3) is 3.08. The summed E-state index contributed by atoms with van der Waals surface area (Å²) in [5.74, 6) is 0.282. The lowest BCUT2D eigenvalue weighted by atomic mass is 9.91. The van der Waals surface area contributed by atoms with Crippen molar-refractivity contribution in [1.82, 2.24) is 10.6 Å². The molecule has 1 saturated carbocycles. The van der Waals surface area contributed by atoms with E-state index in [1.807, 2.05) is 6.07 Å². The third-order valence-electron chi connectivity index (χ3n) is 4.62. The van der Waals surface area contributed by atoms with Gasteiger partial charge in [0.2, 0.25) is 5.91 Å². The highest BCUT2D eigenvalue weighted by Crippen LogP contribution is 2.39. The van der Waals surface area contributed by atoms with E-state index in [1.165, 1.54) is 21.6 Å². The van der Waals surface area contributed by atoms with Crippen LogP contribution >= 0.6 is 11.3 Å². The van der Waals surface area contributed by atoms with Crippen LogP contribution < -0.4 is 10.6 Å². The van der Waals surface area contributed by atoms with Gasteiger partial charge in [0, 0.05) is 23.9 Å². The molecule has 0 unspecified atom stereocenters. The van der Waals surface area contributed by atoms with Crippen molar-refractivity contribution >= 4 is 23.2 Å². The molecule has 2 aliphatic carbocycles. The van der Waals surface area contributed by atoms with Gasteiger partial charge in [-0.3, -0.25) is 9.59 Å². The molecule has 4 nitrogen and oxygen atoms in total. The molecule has 0 spiro atoms. The zero-order valence-corrected chi connectivity index (χ0v) is 14.2. The van der Waals surface area contributed by atoms with E-state index < -0.39 is 0 Å². The normalized spacial score (nSPS) is 15.3. The van der Waals surface area contributed by atoms with Gasteiger partial charge in [-0.25, -0.2) is 0 Å². The number of hydrogen-bond donors (Lipinski definition) is 2. The molecule has 0 aliphatic heterocycles. The Hall–Kier alpha value is -2.14. The molecular weight excluding hydrogens is 320 g/mol. The van der Waals surface area contributed by atoms with Crippen molar-refractivity contribution in [2.24, 2.45) is 5.92 Å². The first-order valence-corrected chi connectivity index (χ1v) is 9.31. The van der Waals surface area contributed by atoms with Gasteiger partial charge in [-0.2, -0.15) is 0 Å². The average Bonchev–Trinajstić information content (AvgIpc) is 3.36. The summed E-state index contributed by atoms with van der Waals surface area (Å²) in [5.41, 5.74) is 3.90.